The molecular weight excluding hydrogens is 304 g/mol. The third-order valence-corrected chi connectivity index (χ3v) is 3.54. The lowest BCUT2D eigenvalue weighted by Crippen LogP contribution is -2.13. The Kier molecular flexibility index (Phi) is 4.42. The number of nitrogens with zero attached hydrogens (tertiary/aromatic N) is 1. The van der Waals surface area contributed by atoms with E-state index in [4.69, 9.17) is 4.74 Å². The van der Waals surface area contributed by atoms with Crippen molar-refractivity contribution >= 4 is 29.0 Å². The van der Waals surface area contributed by atoms with Crippen LogP contribution >= 0.6 is 0 Å². The minimum absolute atomic E-state index is 0.225. The number of hydrogen-bond acceptors (Lipinski definition) is 4. The maximum Gasteiger partial charge on any atom is 0.338 e. The van der Waals surface area contributed by atoms with Gasteiger partial charge in [-0.1, -0.05) is 32.0 Å². The number of fused-ring (bicyclic) bond motifs is 1. The number of rotatable bonds is 4. The molecule has 0 radical (unpaired) electrons. The first-order valence-corrected chi connectivity index (χ1v) is 7.81. The van der Waals surface area contributed by atoms with Gasteiger partial charge in [-0.2, -0.15) is 0 Å². The quantitative estimate of drug-likeness (QED) is 0.875. The van der Waals surface area contributed by atoms with E-state index in [0.29, 0.717) is 29.5 Å². The Morgan fingerprint density at radius 2 is 1.83 bits per heavy atom. The fourth-order valence-electron chi connectivity index (χ4n) is 2.34. The van der Waals surface area contributed by atoms with Gasteiger partial charge in [0, 0.05) is 5.56 Å². The van der Waals surface area contributed by atoms with E-state index in [1.54, 1.807) is 24.3 Å². The molecule has 0 aromatic heterocycles. The Morgan fingerprint density at radius 3 is 2.54 bits per heavy atom. The van der Waals surface area contributed by atoms with Gasteiger partial charge >= 0.3 is 5.97 Å². The van der Waals surface area contributed by atoms with Crippen LogP contribution in [0.2, 0.25) is 0 Å². The standard InChI is InChI=1S/C19H18N2O3/c1-12(2)11-24-19(23)13-7-9-14(10-8-13)20-17-15-5-3-4-6-16(15)21-18(17)22/h3-10,12H,11H2,1-2H3,(H,20,21,22). The molecule has 122 valence electrons. The van der Waals surface area contributed by atoms with Gasteiger partial charge in [0.05, 0.1) is 23.5 Å². The highest BCUT2D eigenvalue weighted by Gasteiger charge is 2.25. The molecule has 1 amide bonds. The molecule has 0 saturated carbocycles. The highest BCUT2D eigenvalue weighted by molar-refractivity contribution is 6.54. The van der Waals surface area contributed by atoms with E-state index in [9.17, 15) is 9.59 Å². The first-order valence-electron chi connectivity index (χ1n) is 7.81. The number of ether oxygens (including phenoxy) is 1. The van der Waals surface area contributed by atoms with Crippen LogP contribution in [-0.4, -0.2) is 24.2 Å². The first kappa shape index (κ1) is 15.9. The molecular formula is C19H18N2O3. The summed E-state index contributed by atoms with van der Waals surface area (Å²) in [7, 11) is 0. The normalized spacial score (nSPS) is 14.6. The summed E-state index contributed by atoms with van der Waals surface area (Å²) in [5, 5.41) is 2.78. The third kappa shape index (κ3) is 3.35. The van der Waals surface area contributed by atoms with E-state index in [2.05, 4.69) is 10.3 Å². The molecule has 24 heavy (non-hydrogen) atoms. The zero-order chi connectivity index (χ0) is 17.1. The molecule has 0 spiro atoms. The van der Waals surface area contributed by atoms with Crippen LogP contribution in [0, 0.1) is 5.92 Å². The van der Waals surface area contributed by atoms with Gasteiger partial charge in [0.25, 0.3) is 5.91 Å². The lowest BCUT2D eigenvalue weighted by molar-refractivity contribution is -0.110. The van der Waals surface area contributed by atoms with Gasteiger partial charge in [0.2, 0.25) is 0 Å². The van der Waals surface area contributed by atoms with Crippen LogP contribution in [-0.2, 0) is 9.53 Å². The number of amides is 1. The molecule has 0 saturated heterocycles. The van der Waals surface area contributed by atoms with Crippen LogP contribution in [0.5, 0.6) is 0 Å². The Morgan fingerprint density at radius 1 is 1.12 bits per heavy atom. The minimum Gasteiger partial charge on any atom is -0.462 e. The van der Waals surface area contributed by atoms with E-state index < -0.39 is 0 Å². The van der Waals surface area contributed by atoms with Gasteiger partial charge in [0.15, 0.2) is 0 Å². The number of nitrogens with one attached hydrogen (secondary N) is 1. The van der Waals surface area contributed by atoms with Crippen molar-refractivity contribution in [3.63, 3.8) is 0 Å². The summed E-state index contributed by atoms with van der Waals surface area (Å²) in [4.78, 5) is 28.3. The number of carbonyl (C=O) groups is 2. The van der Waals surface area contributed by atoms with Crippen LogP contribution < -0.4 is 5.32 Å². The lowest BCUT2D eigenvalue weighted by atomic mass is 10.1. The molecule has 1 aliphatic heterocycles. The summed E-state index contributed by atoms with van der Waals surface area (Å²) in [5.41, 5.74) is 2.99. The van der Waals surface area contributed by atoms with E-state index in [0.717, 1.165) is 11.3 Å². The number of benzene rings is 2. The van der Waals surface area contributed by atoms with Crippen LogP contribution in [0.3, 0.4) is 0 Å². The Hall–Kier alpha value is -2.95. The number of anilines is 1. The third-order valence-electron chi connectivity index (χ3n) is 3.54. The van der Waals surface area contributed by atoms with Crippen molar-refractivity contribution in [1.82, 2.24) is 0 Å². The van der Waals surface area contributed by atoms with E-state index in [-0.39, 0.29) is 11.9 Å². The van der Waals surface area contributed by atoms with Crippen molar-refractivity contribution in [3.05, 3.63) is 59.7 Å². The van der Waals surface area contributed by atoms with Crippen LogP contribution in [0.4, 0.5) is 11.4 Å². The molecule has 1 N–H and O–H groups in total. The second-order valence-electron chi connectivity index (χ2n) is 6.00. The molecule has 5 nitrogen and oxygen atoms in total. The molecule has 1 heterocycles. The van der Waals surface area contributed by atoms with E-state index >= 15 is 0 Å². The second kappa shape index (κ2) is 6.66. The minimum atomic E-state index is -0.355. The van der Waals surface area contributed by atoms with Gasteiger partial charge < -0.3 is 10.1 Å². The summed E-state index contributed by atoms with van der Waals surface area (Å²) in [6.45, 7) is 4.35. The van der Waals surface area contributed by atoms with Crippen molar-refractivity contribution in [1.29, 1.82) is 0 Å². The fraction of sp³-hybridized carbons (Fsp3) is 0.211. The Labute approximate surface area is 140 Å². The van der Waals surface area contributed by atoms with Gasteiger partial charge in [-0.3, -0.25) is 4.79 Å². The average molecular weight is 322 g/mol. The summed E-state index contributed by atoms with van der Waals surface area (Å²) < 4.78 is 5.19. The largest absolute Gasteiger partial charge is 0.462 e. The average Bonchev–Trinajstić information content (AvgIpc) is 2.89. The highest BCUT2D eigenvalue weighted by Crippen LogP contribution is 2.25. The summed E-state index contributed by atoms with van der Waals surface area (Å²) in [5.74, 6) is -0.288. The number of aliphatic imine (C=N–C) groups is 1. The fourth-order valence-corrected chi connectivity index (χ4v) is 2.34. The van der Waals surface area contributed by atoms with Crippen LogP contribution in [0.15, 0.2) is 53.5 Å². The van der Waals surface area contributed by atoms with Gasteiger partial charge in [-0.05, 0) is 36.2 Å². The maximum absolute atomic E-state index is 12.0. The molecule has 2 aromatic rings. The summed E-state index contributed by atoms with van der Waals surface area (Å²) >= 11 is 0. The molecule has 0 fully saturated rings. The zero-order valence-electron chi connectivity index (χ0n) is 13.6. The summed E-state index contributed by atoms with van der Waals surface area (Å²) in [6.07, 6.45) is 0. The predicted octanol–water partition coefficient (Wildman–Crippen LogP) is 3.57. The first-order chi connectivity index (χ1) is 11.5. The number of para-hydroxylation sites is 1. The molecule has 1 aliphatic rings. The summed E-state index contributed by atoms with van der Waals surface area (Å²) in [6, 6.07) is 14.1. The van der Waals surface area contributed by atoms with E-state index in [1.165, 1.54) is 0 Å². The SMILES string of the molecule is CC(C)COC(=O)c1ccc(N=C2C(=O)Nc3ccccc32)cc1. The molecule has 0 aliphatic carbocycles. The topological polar surface area (TPSA) is 67.8 Å². The van der Waals surface area contributed by atoms with E-state index in [1.807, 2.05) is 38.1 Å². The zero-order valence-corrected chi connectivity index (χ0v) is 13.6. The molecule has 0 atom stereocenters. The Bertz CT molecular complexity index is 808. The molecule has 2 aromatic carbocycles. The van der Waals surface area contributed by atoms with Gasteiger partial charge in [0.1, 0.15) is 5.71 Å². The smallest absolute Gasteiger partial charge is 0.338 e. The highest BCUT2D eigenvalue weighted by atomic mass is 16.5. The monoisotopic (exact) mass is 322 g/mol. The number of hydrogen-bond donors (Lipinski definition) is 1. The maximum atomic E-state index is 12.0. The number of carbonyl (C=O) groups excluding carboxylic acids is 2. The number of esters is 1. The van der Waals surface area contributed by atoms with Gasteiger partial charge in [-0.25, -0.2) is 9.79 Å². The van der Waals surface area contributed by atoms with Crippen LogP contribution in [0.25, 0.3) is 0 Å². The predicted molar refractivity (Wildman–Crippen MR) is 92.8 cm³/mol. The van der Waals surface area contributed by atoms with Crippen molar-refractivity contribution in [2.45, 2.75) is 13.8 Å². The molecule has 0 bridgehead atoms. The Balaban J connectivity index is 1.79. The van der Waals surface area contributed by atoms with Crippen molar-refractivity contribution in [2.75, 3.05) is 11.9 Å². The molecule has 5 heteroatoms. The van der Waals surface area contributed by atoms with Crippen molar-refractivity contribution in [2.24, 2.45) is 10.9 Å². The second-order valence-corrected chi connectivity index (χ2v) is 6.00. The van der Waals surface area contributed by atoms with Crippen molar-refractivity contribution in [3.8, 4) is 0 Å². The molecule has 3 rings (SSSR count). The van der Waals surface area contributed by atoms with Crippen molar-refractivity contribution < 1.29 is 14.3 Å². The van der Waals surface area contributed by atoms with Crippen LogP contribution in [0.1, 0.15) is 29.8 Å². The van der Waals surface area contributed by atoms with Gasteiger partial charge in [-0.15, -0.1) is 0 Å². The molecule has 0 unspecified atom stereocenters. The lowest BCUT2D eigenvalue weighted by Gasteiger charge is -2.07.